The van der Waals surface area contributed by atoms with Crippen molar-refractivity contribution in [1.29, 1.82) is 0 Å². The molecule has 0 saturated carbocycles. The van der Waals surface area contributed by atoms with Crippen LogP contribution in [0.25, 0.3) is 73.2 Å². The van der Waals surface area contributed by atoms with Crippen LogP contribution >= 0.6 is 0 Å². The maximum Gasteiger partial charge on any atom is 0.0549 e. The summed E-state index contributed by atoms with van der Waals surface area (Å²) >= 11 is 0. The van der Waals surface area contributed by atoms with E-state index < -0.39 is 0 Å². The first-order valence-electron chi connectivity index (χ1n) is 13.7. The molecule has 2 heterocycles. The van der Waals surface area contributed by atoms with Gasteiger partial charge in [0.05, 0.1) is 27.8 Å². The fourth-order valence-electron chi connectivity index (χ4n) is 6.42. The second-order valence-electron chi connectivity index (χ2n) is 10.2. The number of para-hydroxylation sites is 2. The normalized spacial score (nSPS) is 13.0. The average molecular weight is 515 g/mol. The zero-order valence-corrected chi connectivity index (χ0v) is 22.9. The lowest BCUT2D eigenvalue weighted by molar-refractivity contribution is 1.17. The molecule has 2 nitrogen and oxygen atoms in total. The predicted octanol–water partition coefficient (Wildman–Crippen LogP) is 8.65. The summed E-state index contributed by atoms with van der Waals surface area (Å²) in [6.07, 6.45) is 6.04. The fraction of sp³-hybridized carbons (Fsp3) is 0.0526. The van der Waals surface area contributed by atoms with Gasteiger partial charge in [0.15, 0.2) is 0 Å². The number of aromatic nitrogens is 2. The molecule has 5 aromatic carbocycles. The molecule has 0 radical (unpaired) electrons. The molecule has 0 amide bonds. The molecule has 40 heavy (non-hydrogen) atoms. The quantitative estimate of drug-likeness (QED) is 0.222. The number of hydrogen-bond acceptors (Lipinski definition) is 0. The highest BCUT2D eigenvalue weighted by Gasteiger charge is 2.19. The van der Waals surface area contributed by atoms with Crippen molar-refractivity contribution in [2.24, 2.45) is 0 Å². The predicted molar refractivity (Wildman–Crippen MR) is 174 cm³/mol. The molecule has 192 valence electrons. The van der Waals surface area contributed by atoms with Gasteiger partial charge in [-0.05, 0) is 55.0 Å². The Labute approximate surface area is 233 Å². The van der Waals surface area contributed by atoms with E-state index in [1.807, 2.05) is 12.2 Å². The first kappa shape index (κ1) is 24.0. The van der Waals surface area contributed by atoms with Gasteiger partial charge in [0.2, 0.25) is 0 Å². The highest BCUT2D eigenvalue weighted by atomic mass is 15.0. The van der Waals surface area contributed by atoms with Crippen molar-refractivity contribution in [2.45, 2.75) is 13.8 Å². The lowest BCUT2D eigenvalue weighted by Gasteiger charge is -2.14. The molecule has 0 bridgehead atoms. The van der Waals surface area contributed by atoms with Crippen LogP contribution in [-0.2, 0) is 0 Å². The molecule has 0 aliphatic rings. The molecular formula is C38H30N2. The van der Waals surface area contributed by atoms with Gasteiger partial charge in [0.25, 0.3) is 0 Å². The summed E-state index contributed by atoms with van der Waals surface area (Å²) in [5.41, 5.74) is 9.27. The van der Waals surface area contributed by atoms with Gasteiger partial charge in [-0.25, -0.2) is 0 Å². The number of hydrogen-bond donors (Lipinski definition) is 0. The van der Waals surface area contributed by atoms with Crippen LogP contribution in [0.4, 0.5) is 0 Å². The smallest absolute Gasteiger partial charge is 0.0549 e. The molecule has 7 aromatic rings. The van der Waals surface area contributed by atoms with Crippen LogP contribution in [0.15, 0.2) is 116 Å². The summed E-state index contributed by atoms with van der Waals surface area (Å²) in [7, 11) is 0. The Hall–Kier alpha value is -5.08. The molecule has 0 aliphatic carbocycles. The molecule has 0 aliphatic heterocycles. The Morgan fingerprint density at radius 3 is 2.02 bits per heavy atom. The molecule has 2 aromatic heterocycles. The van der Waals surface area contributed by atoms with Crippen molar-refractivity contribution in [3.05, 3.63) is 138 Å². The minimum Gasteiger partial charge on any atom is -0.313 e. The van der Waals surface area contributed by atoms with E-state index in [4.69, 9.17) is 0 Å². The number of benzene rings is 5. The molecule has 7 rings (SSSR count). The Kier molecular flexibility index (Phi) is 5.57. The first-order chi connectivity index (χ1) is 19.7. The highest BCUT2D eigenvalue weighted by Crippen LogP contribution is 2.40. The van der Waals surface area contributed by atoms with Crippen molar-refractivity contribution < 1.29 is 0 Å². The van der Waals surface area contributed by atoms with Gasteiger partial charge in [-0.2, -0.15) is 0 Å². The number of fused-ring (bicyclic) bond motifs is 6. The van der Waals surface area contributed by atoms with Crippen LogP contribution in [-0.4, -0.2) is 9.13 Å². The fourth-order valence-corrected chi connectivity index (χ4v) is 6.42. The summed E-state index contributed by atoms with van der Waals surface area (Å²) in [6.45, 7) is 12.6. The van der Waals surface area contributed by atoms with Crippen molar-refractivity contribution >= 4 is 67.5 Å². The van der Waals surface area contributed by atoms with E-state index in [1.165, 1.54) is 59.7 Å². The second kappa shape index (κ2) is 9.29. The highest BCUT2D eigenvalue weighted by molar-refractivity contribution is 6.19. The zero-order valence-electron chi connectivity index (χ0n) is 22.9. The molecule has 0 fully saturated rings. The van der Waals surface area contributed by atoms with Gasteiger partial charge in [-0.1, -0.05) is 104 Å². The molecule has 0 unspecified atom stereocenters. The van der Waals surface area contributed by atoms with E-state index >= 15 is 0 Å². The summed E-state index contributed by atoms with van der Waals surface area (Å²) in [6, 6.07) is 37.2. The van der Waals surface area contributed by atoms with Crippen molar-refractivity contribution in [3.63, 3.8) is 0 Å². The van der Waals surface area contributed by atoms with Crippen molar-refractivity contribution in [3.8, 4) is 5.69 Å². The van der Waals surface area contributed by atoms with E-state index in [0.29, 0.717) is 0 Å². The van der Waals surface area contributed by atoms with Crippen LogP contribution in [0.1, 0.15) is 25.0 Å². The third kappa shape index (κ3) is 3.36. The topological polar surface area (TPSA) is 9.86 Å². The lowest BCUT2D eigenvalue weighted by Crippen LogP contribution is -2.27. The third-order valence-corrected chi connectivity index (χ3v) is 8.24. The van der Waals surface area contributed by atoms with Gasteiger partial charge >= 0.3 is 0 Å². The van der Waals surface area contributed by atoms with Crippen LogP contribution in [0, 0.1) is 0 Å². The first-order valence-corrected chi connectivity index (χ1v) is 13.7. The summed E-state index contributed by atoms with van der Waals surface area (Å²) in [5, 5.41) is 7.43. The summed E-state index contributed by atoms with van der Waals surface area (Å²) < 4.78 is 4.82. The number of rotatable bonds is 4. The molecular weight excluding hydrogens is 484 g/mol. The Morgan fingerprint density at radius 2 is 1.27 bits per heavy atom. The second-order valence-corrected chi connectivity index (χ2v) is 10.2. The van der Waals surface area contributed by atoms with Crippen LogP contribution in [0.3, 0.4) is 0 Å². The minimum atomic E-state index is 1.08. The van der Waals surface area contributed by atoms with Crippen molar-refractivity contribution in [2.75, 3.05) is 0 Å². The molecule has 2 heteroatoms. The van der Waals surface area contributed by atoms with Gasteiger partial charge < -0.3 is 9.13 Å². The van der Waals surface area contributed by atoms with Gasteiger partial charge in [-0.15, -0.1) is 0 Å². The molecule has 0 saturated heterocycles. The maximum atomic E-state index is 4.16. The summed E-state index contributed by atoms with van der Waals surface area (Å²) in [5.74, 6) is 0. The summed E-state index contributed by atoms with van der Waals surface area (Å²) in [4.78, 5) is 0. The zero-order chi connectivity index (χ0) is 27.4. The van der Waals surface area contributed by atoms with Crippen LogP contribution in [0.2, 0.25) is 0 Å². The lowest BCUT2D eigenvalue weighted by atomic mass is 10.0. The average Bonchev–Trinajstić information content (AvgIpc) is 3.51. The van der Waals surface area contributed by atoms with E-state index in [0.717, 1.165) is 16.8 Å². The molecule has 0 spiro atoms. The standard InChI is InChI=1S/C38H30N2/c1-5-26-16-14-22-34(28(26)7-3)40-36-21-13-11-19-31(36)33-23-37-32(24-38(33)40)30-18-10-12-20-35(30)39(37)25(4)29-17-9-8-15-27(29)6-2/h5-24H,1,3H2,2,4H3/b27-6-,29-25+. The SMILES string of the molecule is C=Cc1cccc(-n2c3ccccc3c3cc4c(cc32)c2ccccc2n4/C(C)=c2\cccc\c2=C\C)c1C=C. The van der Waals surface area contributed by atoms with E-state index in [-0.39, 0.29) is 0 Å². The number of nitrogens with zero attached hydrogens (tertiary/aromatic N) is 2. The van der Waals surface area contributed by atoms with Gasteiger partial charge in [0, 0.05) is 38.0 Å². The third-order valence-electron chi connectivity index (χ3n) is 8.24. The van der Waals surface area contributed by atoms with Gasteiger partial charge in [0.1, 0.15) is 0 Å². The van der Waals surface area contributed by atoms with E-state index in [2.05, 4.69) is 145 Å². The van der Waals surface area contributed by atoms with E-state index in [9.17, 15) is 0 Å². The monoisotopic (exact) mass is 514 g/mol. The van der Waals surface area contributed by atoms with Crippen molar-refractivity contribution in [1.82, 2.24) is 9.13 Å². The largest absolute Gasteiger partial charge is 0.313 e. The molecule has 0 atom stereocenters. The van der Waals surface area contributed by atoms with Crippen LogP contribution < -0.4 is 10.4 Å². The van der Waals surface area contributed by atoms with E-state index in [1.54, 1.807) is 0 Å². The Morgan fingerprint density at radius 1 is 0.625 bits per heavy atom. The minimum absolute atomic E-state index is 1.08. The maximum absolute atomic E-state index is 4.16. The molecule has 0 N–H and O–H groups in total. The Balaban J connectivity index is 1.70. The van der Waals surface area contributed by atoms with Crippen LogP contribution in [0.5, 0.6) is 0 Å². The van der Waals surface area contributed by atoms with Gasteiger partial charge in [-0.3, -0.25) is 0 Å². The Bertz CT molecular complexity index is 2270.